The molecule has 0 aliphatic rings. The molecule has 1 heterocycles. The van der Waals surface area contributed by atoms with Gasteiger partial charge in [-0.25, -0.2) is 0 Å². The summed E-state index contributed by atoms with van der Waals surface area (Å²) in [7, 11) is 1.84. The van der Waals surface area contributed by atoms with Crippen LogP contribution in [0.25, 0.3) is 0 Å². The van der Waals surface area contributed by atoms with Crippen molar-refractivity contribution in [3.05, 3.63) is 57.3 Å². The summed E-state index contributed by atoms with van der Waals surface area (Å²) in [4.78, 5) is 12.0. The van der Waals surface area contributed by atoms with Crippen molar-refractivity contribution in [1.29, 1.82) is 0 Å². The molecule has 20 heavy (non-hydrogen) atoms. The van der Waals surface area contributed by atoms with E-state index in [2.05, 4.69) is 21.2 Å². The number of nitrogens with one attached hydrogen (secondary N) is 1. The van der Waals surface area contributed by atoms with E-state index in [-0.39, 0.29) is 12.5 Å². The highest BCUT2D eigenvalue weighted by Gasteiger charge is 2.15. The van der Waals surface area contributed by atoms with Crippen molar-refractivity contribution in [1.82, 2.24) is 9.88 Å². The predicted octanol–water partition coefficient (Wildman–Crippen LogP) is 2.90. The minimum Gasteiger partial charge on any atom is -0.385 e. The van der Waals surface area contributed by atoms with Crippen LogP contribution in [-0.2, 0) is 7.05 Å². The maximum atomic E-state index is 12.0. The summed E-state index contributed by atoms with van der Waals surface area (Å²) < 4.78 is 2.58. The second kappa shape index (κ2) is 6.43. The molecule has 4 nitrogen and oxygen atoms in total. The van der Waals surface area contributed by atoms with E-state index in [0.29, 0.717) is 10.6 Å². The highest BCUT2D eigenvalue weighted by Crippen LogP contribution is 2.21. The van der Waals surface area contributed by atoms with Crippen molar-refractivity contribution < 1.29 is 9.90 Å². The zero-order valence-electron chi connectivity index (χ0n) is 10.8. The summed E-state index contributed by atoms with van der Waals surface area (Å²) in [5.41, 5.74) is 1.12. The van der Waals surface area contributed by atoms with Crippen LogP contribution in [0.3, 0.4) is 0 Å². The molecule has 0 aliphatic heterocycles. The molecule has 2 aromatic rings. The molecule has 106 valence electrons. The molecule has 1 unspecified atom stereocenters. The lowest BCUT2D eigenvalue weighted by Crippen LogP contribution is -2.29. The van der Waals surface area contributed by atoms with Crippen LogP contribution in [0.5, 0.6) is 0 Å². The standard InChI is InChI=1S/C14H14BrClN2O2/c1-18-6-2-3-12(18)13(19)8-17-14(20)10-7-9(15)4-5-11(10)16/h2-7,13,19H,8H2,1H3,(H,17,20). The van der Waals surface area contributed by atoms with Crippen molar-refractivity contribution in [2.75, 3.05) is 6.54 Å². The number of hydrogen-bond donors (Lipinski definition) is 2. The number of benzene rings is 1. The van der Waals surface area contributed by atoms with E-state index in [9.17, 15) is 9.90 Å². The topological polar surface area (TPSA) is 54.3 Å². The zero-order valence-corrected chi connectivity index (χ0v) is 13.1. The number of hydrogen-bond acceptors (Lipinski definition) is 2. The molecule has 1 aromatic heterocycles. The molecule has 0 saturated heterocycles. The molecule has 2 N–H and O–H groups in total. The van der Waals surface area contributed by atoms with Gasteiger partial charge in [0.05, 0.1) is 10.6 Å². The molecular weight excluding hydrogens is 344 g/mol. The molecule has 1 amide bonds. The van der Waals surface area contributed by atoms with E-state index in [1.54, 1.807) is 18.2 Å². The summed E-state index contributed by atoms with van der Waals surface area (Å²) in [5, 5.41) is 13.1. The van der Waals surface area contributed by atoms with Gasteiger partial charge in [0.15, 0.2) is 0 Å². The largest absolute Gasteiger partial charge is 0.385 e. The van der Waals surface area contributed by atoms with Gasteiger partial charge < -0.3 is 15.0 Å². The number of halogens is 2. The molecule has 1 atom stereocenters. The Labute approximate surface area is 130 Å². The van der Waals surface area contributed by atoms with Crippen molar-refractivity contribution in [2.45, 2.75) is 6.10 Å². The fraction of sp³-hybridized carbons (Fsp3) is 0.214. The van der Waals surface area contributed by atoms with Crippen LogP contribution in [0.1, 0.15) is 22.2 Å². The van der Waals surface area contributed by atoms with E-state index in [0.717, 1.165) is 10.2 Å². The van der Waals surface area contributed by atoms with Crippen LogP contribution in [-0.4, -0.2) is 22.1 Å². The van der Waals surface area contributed by atoms with Gasteiger partial charge in [-0.15, -0.1) is 0 Å². The molecule has 6 heteroatoms. The van der Waals surface area contributed by atoms with E-state index in [1.165, 1.54) is 0 Å². The van der Waals surface area contributed by atoms with E-state index >= 15 is 0 Å². The summed E-state index contributed by atoms with van der Waals surface area (Å²) in [5.74, 6) is -0.315. The van der Waals surface area contributed by atoms with Crippen LogP contribution >= 0.6 is 27.5 Å². The number of nitrogens with zero attached hydrogens (tertiary/aromatic N) is 1. The second-order valence-corrected chi connectivity index (χ2v) is 5.72. The highest BCUT2D eigenvalue weighted by molar-refractivity contribution is 9.10. The Hall–Kier alpha value is -1.30. The minimum absolute atomic E-state index is 0.125. The van der Waals surface area contributed by atoms with E-state index in [1.807, 2.05) is 29.9 Å². The molecule has 0 bridgehead atoms. The van der Waals surface area contributed by atoms with Gasteiger partial charge in [0.25, 0.3) is 5.91 Å². The Bertz CT molecular complexity index is 627. The van der Waals surface area contributed by atoms with E-state index in [4.69, 9.17) is 11.6 Å². The number of carbonyl (C=O) groups is 1. The summed E-state index contributed by atoms with van der Waals surface area (Å²) in [6.45, 7) is 0.125. The highest BCUT2D eigenvalue weighted by atomic mass is 79.9. The molecule has 1 aromatic carbocycles. The van der Waals surface area contributed by atoms with Crippen LogP contribution in [0, 0.1) is 0 Å². The average Bonchev–Trinajstić information content (AvgIpc) is 2.84. The van der Waals surface area contributed by atoms with Gasteiger partial charge in [-0.3, -0.25) is 4.79 Å². The molecule has 0 radical (unpaired) electrons. The maximum absolute atomic E-state index is 12.0. The summed E-state index contributed by atoms with van der Waals surface area (Å²) in [6, 6.07) is 8.70. The Morgan fingerprint density at radius 3 is 2.90 bits per heavy atom. The molecule has 2 rings (SSSR count). The van der Waals surface area contributed by atoms with Crippen LogP contribution in [0.4, 0.5) is 0 Å². The Balaban J connectivity index is 2.02. The van der Waals surface area contributed by atoms with E-state index < -0.39 is 6.10 Å². The quantitative estimate of drug-likeness (QED) is 0.884. The fourth-order valence-corrected chi connectivity index (χ4v) is 2.45. The Morgan fingerprint density at radius 2 is 2.25 bits per heavy atom. The first-order valence-corrected chi connectivity index (χ1v) is 7.18. The van der Waals surface area contributed by atoms with Gasteiger partial charge in [-0.1, -0.05) is 27.5 Å². The second-order valence-electron chi connectivity index (χ2n) is 4.39. The third kappa shape index (κ3) is 3.42. The molecule has 0 saturated carbocycles. The van der Waals surface area contributed by atoms with Crippen LogP contribution in [0.15, 0.2) is 41.0 Å². The predicted molar refractivity (Wildman–Crippen MR) is 81.9 cm³/mol. The van der Waals surface area contributed by atoms with Gasteiger partial charge in [0.2, 0.25) is 0 Å². The lowest BCUT2D eigenvalue weighted by molar-refractivity contribution is 0.0912. The monoisotopic (exact) mass is 356 g/mol. The minimum atomic E-state index is -0.759. The summed E-state index contributed by atoms with van der Waals surface area (Å²) in [6.07, 6.45) is 1.08. The first-order valence-electron chi connectivity index (χ1n) is 6.01. The Kier molecular flexibility index (Phi) is 4.86. The van der Waals surface area contributed by atoms with Crippen LogP contribution < -0.4 is 5.32 Å². The van der Waals surface area contributed by atoms with Gasteiger partial charge >= 0.3 is 0 Å². The SMILES string of the molecule is Cn1cccc1C(O)CNC(=O)c1cc(Br)ccc1Cl. The smallest absolute Gasteiger partial charge is 0.252 e. The van der Waals surface area contributed by atoms with Gasteiger partial charge in [0, 0.05) is 30.0 Å². The number of aryl methyl sites for hydroxylation is 1. The van der Waals surface area contributed by atoms with Gasteiger partial charge in [-0.05, 0) is 30.3 Å². The zero-order chi connectivity index (χ0) is 14.7. The number of aromatic nitrogens is 1. The number of carbonyl (C=O) groups excluding carboxylic acids is 1. The van der Waals surface area contributed by atoms with Gasteiger partial charge in [0.1, 0.15) is 6.10 Å². The van der Waals surface area contributed by atoms with Gasteiger partial charge in [-0.2, -0.15) is 0 Å². The molecule has 0 spiro atoms. The molecular formula is C14H14BrClN2O2. The fourth-order valence-electron chi connectivity index (χ4n) is 1.88. The van der Waals surface area contributed by atoms with Crippen molar-refractivity contribution in [3.8, 4) is 0 Å². The Morgan fingerprint density at radius 1 is 1.50 bits per heavy atom. The normalized spacial score (nSPS) is 12.2. The van der Waals surface area contributed by atoms with Crippen molar-refractivity contribution in [3.63, 3.8) is 0 Å². The average molecular weight is 358 g/mol. The number of aliphatic hydroxyl groups is 1. The number of aliphatic hydroxyl groups excluding tert-OH is 1. The third-order valence-electron chi connectivity index (χ3n) is 2.95. The first kappa shape index (κ1) is 15.1. The van der Waals surface area contributed by atoms with Crippen LogP contribution in [0.2, 0.25) is 5.02 Å². The lowest BCUT2D eigenvalue weighted by atomic mass is 10.2. The number of amides is 1. The first-order chi connectivity index (χ1) is 9.49. The number of rotatable bonds is 4. The van der Waals surface area contributed by atoms with Crippen molar-refractivity contribution >= 4 is 33.4 Å². The third-order valence-corrected chi connectivity index (χ3v) is 3.78. The molecule has 0 fully saturated rings. The van der Waals surface area contributed by atoms with Crippen molar-refractivity contribution in [2.24, 2.45) is 7.05 Å². The lowest BCUT2D eigenvalue weighted by Gasteiger charge is -2.13. The maximum Gasteiger partial charge on any atom is 0.252 e. The summed E-state index contributed by atoms with van der Waals surface area (Å²) >= 11 is 9.28. The molecule has 0 aliphatic carbocycles.